The van der Waals surface area contributed by atoms with Crippen molar-refractivity contribution in [2.75, 3.05) is 11.4 Å². The first-order valence-corrected chi connectivity index (χ1v) is 7.52. The third-order valence-corrected chi connectivity index (χ3v) is 4.83. The number of carbonyl (C=O) groups is 1. The van der Waals surface area contributed by atoms with Crippen LogP contribution in [-0.2, 0) is 10.0 Å². The van der Waals surface area contributed by atoms with E-state index in [0.717, 1.165) is 10.4 Å². The number of sulfonamides is 1. The molecule has 0 spiro atoms. The Bertz CT molecular complexity index is 773. The molecule has 7 heteroatoms. The van der Waals surface area contributed by atoms with Crippen molar-refractivity contribution in [1.29, 1.82) is 0 Å². The summed E-state index contributed by atoms with van der Waals surface area (Å²) in [5.74, 6) is -0.903. The van der Waals surface area contributed by atoms with Crippen LogP contribution in [0.25, 0.3) is 0 Å². The molecule has 0 radical (unpaired) electrons. The zero-order valence-electron chi connectivity index (χ0n) is 11.5. The van der Waals surface area contributed by atoms with E-state index >= 15 is 0 Å². The van der Waals surface area contributed by atoms with E-state index in [4.69, 9.17) is 5.11 Å². The molecule has 1 aromatic carbocycles. The number of rotatable bonds is 4. The largest absolute Gasteiger partial charge is 0.478 e. The molecule has 21 heavy (non-hydrogen) atoms. The van der Waals surface area contributed by atoms with Crippen LogP contribution in [0, 0.1) is 6.92 Å². The van der Waals surface area contributed by atoms with Gasteiger partial charge in [0.25, 0.3) is 10.0 Å². The third kappa shape index (κ3) is 2.87. The Balaban J connectivity index is 2.50. The number of hydrogen-bond donors (Lipinski definition) is 1. The number of pyridine rings is 1. The molecule has 0 bridgehead atoms. The molecular weight excluding hydrogens is 292 g/mol. The van der Waals surface area contributed by atoms with E-state index in [-0.39, 0.29) is 16.3 Å². The van der Waals surface area contributed by atoms with Crippen LogP contribution in [0.1, 0.15) is 15.9 Å². The summed E-state index contributed by atoms with van der Waals surface area (Å²) in [6.07, 6.45) is 1.49. The van der Waals surface area contributed by atoms with Crippen molar-refractivity contribution in [2.45, 2.75) is 11.8 Å². The highest BCUT2D eigenvalue weighted by atomic mass is 32.2. The van der Waals surface area contributed by atoms with Crippen LogP contribution in [0.5, 0.6) is 0 Å². The maximum atomic E-state index is 12.5. The minimum atomic E-state index is -3.86. The lowest BCUT2D eigenvalue weighted by Crippen LogP contribution is -2.27. The summed E-state index contributed by atoms with van der Waals surface area (Å²) in [5.41, 5.74) is 0.465. The summed E-state index contributed by atoms with van der Waals surface area (Å²) in [7, 11) is -2.48. The number of hydrogen-bond acceptors (Lipinski definition) is 4. The Labute approximate surface area is 122 Å². The van der Waals surface area contributed by atoms with Crippen LogP contribution >= 0.6 is 0 Å². The van der Waals surface area contributed by atoms with E-state index in [9.17, 15) is 13.2 Å². The van der Waals surface area contributed by atoms with Crippen LogP contribution in [0.15, 0.2) is 47.5 Å². The third-order valence-electron chi connectivity index (χ3n) is 3.07. The molecule has 0 aliphatic rings. The summed E-state index contributed by atoms with van der Waals surface area (Å²) < 4.78 is 26.0. The first kappa shape index (κ1) is 15.0. The number of aromatic carboxylic acids is 1. The normalized spacial score (nSPS) is 11.1. The van der Waals surface area contributed by atoms with Crippen molar-refractivity contribution >= 4 is 21.8 Å². The summed E-state index contributed by atoms with van der Waals surface area (Å²) >= 11 is 0. The molecule has 110 valence electrons. The monoisotopic (exact) mass is 306 g/mol. The fourth-order valence-corrected chi connectivity index (χ4v) is 2.99. The van der Waals surface area contributed by atoms with Gasteiger partial charge in [0.15, 0.2) is 0 Å². The second kappa shape index (κ2) is 5.53. The molecule has 0 amide bonds. The van der Waals surface area contributed by atoms with Crippen molar-refractivity contribution in [3.63, 3.8) is 0 Å². The van der Waals surface area contributed by atoms with E-state index in [1.807, 2.05) is 0 Å². The minimum Gasteiger partial charge on any atom is -0.478 e. The van der Waals surface area contributed by atoms with Gasteiger partial charge >= 0.3 is 5.97 Å². The first-order chi connectivity index (χ1) is 9.84. The number of aryl methyl sites for hydroxylation is 1. The van der Waals surface area contributed by atoms with Gasteiger partial charge in [-0.1, -0.05) is 12.1 Å². The molecule has 1 heterocycles. The van der Waals surface area contributed by atoms with Gasteiger partial charge in [-0.3, -0.25) is 4.31 Å². The van der Waals surface area contributed by atoms with E-state index in [1.165, 1.54) is 25.4 Å². The lowest BCUT2D eigenvalue weighted by Gasteiger charge is -2.18. The summed E-state index contributed by atoms with van der Waals surface area (Å²) in [5, 5.41) is 9.09. The summed E-state index contributed by atoms with van der Waals surface area (Å²) in [6, 6.07) is 8.93. The van der Waals surface area contributed by atoms with Crippen LogP contribution < -0.4 is 4.31 Å². The van der Waals surface area contributed by atoms with Crippen molar-refractivity contribution in [1.82, 2.24) is 4.98 Å². The van der Waals surface area contributed by atoms with Crippen molar-refractivity contribution in [3.05, 3.63) is 53.7 Å². The summed E-state index contributed by atoms with van der Waals surface area (Å²) in [4.78, 5) is 15.0. The number of carboxylic acid groups (broad SMARTS) is 1. The minimum absolute atomic E-state index is 0.0366. The molecule has 0 aliphatic heterocycles. The molecule has 2 rings (SSSR count). The smallest absolute Gasteiger partial charge is 0.335 e. The van der Waals surface area contributed by atoms with Gasteiger partial charge in [0.1, 0.15) is 5.82 Å². The molecular formula is C14H14N2O4S. The summed E-state index contributed by atoms with van der Waals surface area (Å²) in [6.45, 7) is 1.61. The van der Waals surface area contributed by atoms with Gasteiger partial charge in [-0.15, -0.1) is 0 Å². The molecule has 1 N–H and O–H groups in total. The first-order valence-electron chi connectivity index (χ1n) is 6.08. The molecule has 0 aliphatic carbocycles. The molecule has 0 fully saturated rings. The zero-order valence-corrected chi connectivity index (χ0v) is 12.3. The molecule has 6 nitrogen and oxygen atoms in total. The number of aromatic nitrogens is 1. The van der Waals surface area contributed by atoms with Gasteiger partial charge in [-0.25, -0.2) is 18.2 Å². The number of benzene rings is 1. The quantitative estimate of drug-likeness (QED) is 0.932. The Morgan fingerprint density at radius 3 is 2.52 bits per heavy atom. The van der Waals surface area contributed by atoms with E-state index in [0.29, 0.717) is 5.56 Å². The van der Waals surface area contributed by atoms with Crippen LogP contribution in [-0.4, -0.2) is 31.5 Å². The van der Waals surface area contributed by atoms with E-state index < -0.39 is 16.0 Å². The Morgan fingerprint density at radius 2 is 1.95 bits per heavy atom. The fraction of sp³-hybridized carbons (Fsp3) is 0.143. The van der Waals surface area contributed by atoms with Gasteiger partial charge < -0.3 is 5.11 Å². The van der Waals surface area contributed by atoms with Gasteiger partial charge in [0.05, 0.1) is 10.5 Å². The van der Waals surface area contributed by atoms with Gasteiger partial charge in [-0.2, -0.15) is 0 Å². The Hall–Kier alpha value is -2.41. The molecule has 0 saturated heterocycles. The van der Waals surface area contributed by atoms with E-state index in [2.05, 4.69) is 4.98 Å². The van der Waals surface area contributed by atoms with Crippen molar-refractivity contribution < 1.29 is 18.3 Å². The average Bonchev–Trinajstić information content (AvgIpc) is 2.47. The van der Waals surface area contributed by atoms with Crippen LogP contribution in [0.3, 0.4) is 0 Å². The maximum Gasteiger partial charge on any atom is 0.335 e. The standard InChI is InChI=1S/C14H14N2O4S/c1-10-6-7-11(9-12(10)14(17)18)21(19,20)16(2)13-5-3-4-8-15-13/h3-9H,1-2H3,(H,17,18). The molecule has 1 aromatic heterocycles. The second-order valence-corrected chi connectivity index (χ2v) is 6.41. The van der Waals surface area contributed by atoms with Gasteiger partial charge in [-0.05, 0) is 36.8 Å². The topological polar surface area (TPSA) is 87.6 Å². The number of anilines is 1. The number of carboxylic acids is 1. The predicted octanol–water partition coefficient (Wildman–Crippen LogP) is 1.91. The van der Waals surface area contributed by atoms with Crippen molar-refractivity contribution in [3.8, 4) is 0 Å². The molecule has 0 unspecified atom stereocenters. The van der Waals surface area contributed by atoms with E-state index in [1.54, 1.807) is 25.1 Å². The maximum absolute atomic E-state index is 12.5. The number of nitrogens with zero attached hydrogens (tertiary/aromatic N) is 2. The highest BCUT2D eigenvalue weighted by molar-refractivity contribution is 7.92. The Morgan fingerprint density at radius 1 is 1.24 bits per heavy atom. The Kier molecular flexibility index (Phi) is 3.95. The average molecular weight is 306 g/mol. The highest BCUT2D eigenvalue weighted by Crippen LogP contribution is 2.22. The molecule has 0 atom stereocenters. The van der Waals surface area contributed by atoms with Crippen LogP contribution in [0.2, 0.25) is 0 Å². The molecule has 2 aromatic rings. The fourth-order valence-electron chi connectivity index (χ4n) is 1.81. The predicted molar refractivity (Wildman–Crippen MR) is 78.0 cm³/mol. The lowest BCUT2D eigenvalue weighted by atomic mass is 10.1. The van der Waals surface area contributed by atoms with Crippen LogP contribution in [0.4, 0.5) is 5.82 Å². The highest BCUT2D eigenvalue weighted by Gasteiger charge is 2.23. The second-order valence-electron chi connectivity index (χ2n) is 4.44. The van der Waals surface area contributed by atoms with Crippen molar-refractivity contribution in [2.24, 2.45) is 0 Å². The molecule has 0 saturated carbocycles. The zero-order chi connectivity index (χ0) is 15.6. The lowest BCUT2D eigenvalue weighted by molar-refractivity contribution is 0.0696. The van der Waals surface area contributed by atoms with Gasteiger partial charge in [0.2, 0.25) is 0 Å². The van der Waals surface area contributed by atoms with Gasteiger partial charge in [0, 0.05) is 13.2 Å². The SMILES string of the molecule is Cc1ccc(S(=O)(=O)N(C)c2ccccn2)cc1C(=O)O.